The van der Waals surface area contributed by atoms with E-state index in [1.807, 2.05) is 24.3 Å². The topological polar surface area (TPSA) is 26.3 Å². The van der Waals surface area contributed by atoms with Gasteiger partial charge in [-0.2, -0.15) is 0 Å². The lowest BCUT2D eigenvalue weighted by Gasteiger charge is -2.18. The zero-order valence-corrected chi connectivity index (χ0v) is 17.0. The molecule has 2 nitrogen and oxygen atoms in total. The molecule has 0 heterocycles. The molecular weight excluding hydrogens is 332 g/mol. The van der Waals surface area contributed by atoms with Crippen molar-refractivity contribution in [2.24, 2.45) is 0 Å². The lowest BCUT2D eigenvalue weighted by Crippen LogP contribution is -2.03. The summed E-state index contributed by atoms with van der Waals surface area (Å²) < 4.78 is 5.73. The Kier molecular flexibility index (Phi) is 8.47. The molecule has 1 unspecified atom stereocenters. The van der Waals surface area contributed by atoms with E-state index in [0.717, 1.165) is 29.5 Å². The van der Waals surface area contributed by atoms with Crippen molar-refractivity contribution in [2.45, 2.75) is 58.5 Å². The minimum absolute atomic E-state index is 0.0147. The largest absolute Gasteiger partial charge is 0.376 e. The predicted molar refractivity (Wildman–Crippen MR) is 114 cm³/mol. The second-order valence-corrected chi connectivity index (χ2v) is 7.22. The Balaban J connectivity index is 1.97. The van der Waals surface area contributed by atoms with Gasteiger partial charge in [-0.25, -0.2) is 0 Å². The number of ketones is 1. The molecule has 0 radical (unpaired) electrons. The van der Waals surface area contributed by atoms with Gasteiger partial charge in [0, 0.05) is 19.1 Å². The number of benzene rings is 2. The number of rotatable bonds is 11. The van der Waals surface area contributed by atoms with Gasteiger partial charge < -0.3 is 4.74 Å². The minimum Gasteiger partial charge on any atom is -0.376 e. The van der Waals surface area contributed by atoms with Crippen LogP contribution in [0.4, 0.5) is 0 Å². The number of Topliss-reactive ketones (excluding diaryl/α,β-unsaturated/α-hetero) is 1. The van der Waals surface area contributed by atoms with Crippen molar-refractivity contribution in [1.82, 2.24) is 0 Å². The van der Waals surface area contributed by atoms with Gasteiger partial charge in [-0.3, -0.25) is 4.79 Å². The van der Waals surface area contributed by atoms with E-state index in [9.17, 15) is 4.79 Å². The van der Waals surface area contributed by atoms with Crippen molar-refractivity contribution in [1.29, 1.82) is 0 Å². The number of aryl methyl sites for hydroxylation is 1. The normalized spacial score (nSPS) is 12.0. The van der Waals surface area contributed by atoms with Gasteiger partial charge >= 0.3 is 0 Å². The van der Waals surface area contributed by atoms with Gasteiger partial charge in [0.15, 0.2) is 5.78 Å². The Bertz CT molecular complexity index is 726. The third-order valence-corrected chi connectivity index (χ3v) is 5.09. The molecule has 0 saturated heterocycles. The molecule has 2 rings (SSSR count). The van der Waals surface area contributed by atoms with Gasteiger partial charge in [-0.05, 0) is 42.0 Å². The van der Waals surface area contributed by atoms with Gasteiger partial charge in [0.1, 0.15) is 0 Å². The summed E-state index contributed by atoms with van der Waals surface area (Å²) in [5.41, 5.74) is 5.36. The van der Waals surface area contributed by atoms with Crippen LogP contribution in [0.3, 0.4) is 0 Å². The maximum atomic E-state index is 11.4. The number of hydrogen-bond acceptors (Lipinski definition) is 2. The van der Waals surface area contributed by atoms with E-state index in [0.29, 0.717) is 0 Å². The van der Waals surface area contributed by atoms with Crippen LogP contribution in [0.15, 0.2) is 55.1 Å². The highest BCUT2D eigenvalue weighted by molar-refractivity contribution is 5.94. The smallest absolute Gasteiger partial charge is 0.159 e. The molecule has 0 bridgehead atoms. The molecule has 0 spiro atoms. The average molecular weight is 365 g/mol. The zero-order valence-electron chi connectivity index (χ0n) is 17.0. The van der Waals surface area contributed by atoms with Crippen LogP contribution in [0.25, 0.3) is 5.57 Å². The summed E-state index contributed by atoms with van der Waals surface area (Å²) in [6, 6.07) is 16.4. The quantitative estimate of drug-likeness (QED) is 0.323. The molecule has 27 heavy (non-hydrogen) atoms. The second-order valence-electron chi connectivity index (χ2n) is 7.22. The van der Waals surface area contributed by atoms with Crippen LogP contribution < -0.4 is 0 Å². The molecule has 0 aliphatic heterocycles. The maximum absolute atomic E-state index is 11.4. The molecule has 0 N–H and O–H groups in total. The standard InChI is InChI=1S/C25H32O2/c1-5-6-7-8-9-21-10-12-24(13-11-21)25(27-4)18-19(2)22-14-16-23(17-15-22)20(3)26/h10-17,25H,2,5-9,18H2,1,3-4H3. The molecule has 0 saturated carbocycles. The van der Waals surface area contributed by atoms with Crippen molar-refractivity contribution >= 4 is 11.4 Å². The number of carbonyl (C=O) groups is 1. The molecule has 0 fully saturated rings. The maximum Gasteiger partial charge on any atom is 0.159 e. The van der Waals surface area contributed by atoms with Crippen molar-refractivity contribution in [3.8, 4) is 0 Å². The summed E-state index contributed by atoms with van der Waals surface area (Å²) in [7, 11) is 1.75. The molecule has 144 valence electrons. The Morgan fingerprint density at radius 3 is 2.15 bits per heavy atom. The van der Waals surface area contributed by atoms with Gasteiger partial charge in [0.05, 0.1) is 6.10 Å². The zero-order chi connectivity index (χ0) is 19.6. The highest BCUT2D eigenvalue weighted by Gasteiger charge is 2.13. The molecule has 0 aromatic heterocycles. The molecule has 2 heteroatoms. The molecule has 2 aromatic rings. The van der Waals surface area contributed by atoms with Gasteiger partial charge in [0.2, 0.25) is 0 Å². The van der Waals surface area contributed by atoms with E-state index in [4.69, 9.17) is 4.74 Å². The van der Waals surface area contributed by atoms with Gasteiger partial charge in [-0.1, -0.05) is 81.3 Å². The fourth-order valence-corrected chi connectivity index (χ4v) is 3.27. The summed E-state index contributed by atoms with van der Waals surface area (Å²) in [5, 5.41) is 0. The SMILES string of the molecule is C=C(CC(OC)c1ccc(CCCCCC)cc1)c1ccc(C(C)=O)cc1. The molecule has 1 atom stereocenters. The van der Waals surface area contributed by atoms with E-state index in [-0.39, 0.29) is 11.9 Å². The van der Waals surface area contributed by atoms with E-state index < -0.39 is 0 Å². The highest BCUT2D eigenvalue weighted by Crippen LogP contribution is 2.29. The summed E-state index contributed by atoms with van der Waals surface area (Å²) in [6.07, 6.45) is 7.02. The Morgan fingerprint density at radius 1 is 0.963 bits per heavy atom. The van der Waals surface area contributed by atoms with Crippen molar-refractivity contribution < 1.29 is 9.53 Å². The molecular formula is C25H32O2. The second kappa shape index (κ2) is 10.8. The Morgan fingerprint density at radius 2 is 1.59 bits per heavy atom. The molecule has 2 aromatic carbocycles. The fraction of sp³-hybridized carbons (Fsp3) is 0.400. The number of hydrogen-bond donors (Lipinski definition) is 0. The van der Waals surface area contributed by atoms with E-state index in [1.165, 1.54) is 36.8 Å². The highest BCUT2D eigenvalue weighted by atomic mass is 16.5. The van der Waals surface area contributed by atoms with Crippen LogP contribution >= 0.6 is 0 Å². The fourth-order valence-electron chi connectivity index (χ4n) is 3.27. The van der Waals surface area contributed by atoms with Crippen LogP contribution in [0.5, 0.6) is 0 Å². The summed E-state index contributed by atoms with van der Waals surface area (Å²) in [6.45, 7) is 8.05. The van der Waals surface area contributed by atoms with Crippen LogP contribution in [-0.4, -0.2) is 12.9 Å². The molecule has 0 aliphatic carbocycles. The van der Waals surface area contributed by atoms with Crippen LogP contribution in [0.1, 0.15) is 79.1 Å². The first-order valence-corrected chi connectivity index (χ1v) is 9.96. The predicted octanol–water partition coefficient (Wildman–Crippen LogP) is 6.80. The molecule has 0 amide bonds. The van der Waals surface area contributed by atoms with Crippen LogP contribution in [-0.2, 0) is 11.2 Å². The monoisotopic (exact) mass is 364 g/mol. The lowest BCUT2D eigenvalue weighted by molar-refractivity contribution is 0.101. The summed E-state index contributed by atoms with van der Waals surface area (Å²) in [4.78, 5) is 11.4. The third kappa shape index (κ3) is 6.48. The first kappa shape index (κ1) is 21.1. The van der Waals surface area contributed by atoms with E-state index in [1.54, 1.807) is 14.0 Å². The summed E-state index contributed by atoms with van der Waals surface area (Å²) >= 11 is 0. The Labute approximate surface area is 164 Å². The van der Waals surface area contributed by atoms with Crippen LogP contribution in [0.2, 0.25) is 0 Å². The van der Waals surface area contributed by atoms with Crippen molar-refractivity contribution in [3.63, 3.8) is 0 Å². The lowest BCUT2D eigenvalue weighted by atomic mass is 9.95. The summed E-state index contributed by atoms with van der Waals surface area (Å²) in [5.74, 6) is 0.0803. The third-order valence-electron chi connectivity index (χ3n) is 5.09. The first-order chi connectivity index (χ1) is 13.0. The van der Waals surface area contributed by atoms with Crippen molar-refractivity contribution in [2.75, 3.05) is 7.11 Å². The number of unbranched alkanes of at least 4 members (excludes halogenated alkanes) is 3. The van der Waals surface area contributed by atoms with E-state index >= 15 is 0 Å². The van der Waals surface area contributed by atoms with E-state index in [2.05, 4.69) is 37.8 Å². The Hall–Kier alpha value is -2.19. The minimum atomic E-state index is -0.0147. The van der Waals surface area contributed by atoms with Gasteiger partial charge in [-0.15, -0.1) is 0 Å². The number of carbonyl (C=O) groups excluding carboxylic acids is 1. The number of ether oxygens (including phenoxy) is 1. The van der Waals surface area contributed by atoms with Gasteiger partial charge in [0.25, 0.3) is 0 Å². The van der Waals surface area contributed by atoms with Crippen molar-refractivity contribution in [3.05, 3.63) is 77.4 Å². The molecule has 0 aliphatic rings. The number of methoxy groups -OCH3 is 1. The van der Waals surface area contributed by atoms with Crippen LogP contribution in [0, 0.1) is 0 Å². The average Bonchev–Trinajstić information content (AvgIpc) is 2.70. The first-order valence-electron chi connectivity index (χ1n) is 9.96.